The average Bonchev–Trinajstić information content (AvgIpc) is 2.59. The fourth-order valence-electron chi connectivity index (χ4n) is 3.09. The second-order valence-electron chi connectivity index (χ2n) is 5.50. The Morgan fingerprint density at radius 1 is 0.875 bits per heavy atom. The molecule has 1 aliphatic carbocycles. The molecule has 0 radical (unpaired) electrons. The van der Waals surface area contributed by atoms with Crippen LogP contribution in [-0.4, -0.2) is 23.9 Å². The zero-order valence-corrected chi connectivity index (χ0v) is 10.4. The van der Waals surface area contributed by atoms with Gasteiger partial charge in [-0.05, 0) is 38.0 Å². The molecule has 2 aliphatic rings. The van der Waals surface area contributed by atoms with E-state index in [1.165, 1.54) is 57.8 Å². The monoisotopic (exact) mass is 223 g/mol. The van der Waals surface area contributed by atoms with Gasteiger partial charge >= 0.3 is 0 Å². The number of piperidine rings is 1. The van der Waals surface area contributed by atoms with E-state index < -0.39 is 0 Å². The molecule has 0 spiro atoms. The van der Waals surface area contributed by atoms with E-state index >= 15 is 0 Å². The van der Waals surface area contributed by atoms with Crippen LogP contribution in [0, 0.1) is 5.92 Å². The van der Waals surface area contributed by atoms with Gasteiger partial charge in [-0.3, -0.25) is 4.79 Å². The number of hydrogen-bond acceptors (Lipinski definition) is 1. The third-order valence-corrected chi connectivity index (χ3v) is 4.15. The molecule has 1 heterocycles. The fourth-order valence-corrected chi connectivity index (χ4v) is 3.09. The summed E-state index contributed by atoms with van der Waals surface area (Å²) in [5.41, 5.74) is 0. The minimum atomic E-state index is 0.437. The Bertz CT molecular complexity index is 213. The van der Waals surface area contributed by atoms with Crippen molar-refractivity contribution < 1.29 is 4.79 Å². The molecule has 2 nitrogen and oxygen atoms in total. The standard InChI is InChI=1S/C14H25NO/c16-14(15-10-6-3-7-11-15)12-13-8-4-1-2-5-9-13/h13H,1-12H2. The van der Waals surface area contributed by atoms with Crippen molar-refractivity contribution >= 4 is 5.91 Å². The molecule has 1 amide bonds. The van der Waals surface area contributed by atoms with Gasteiger partial charge in [-0.15, -0.1) is 0 Å². The molecule has 1 saturated heterocycles. The maximum Gasteiger partial charge on any atom is 0.222 e. The summed E-state index contributed by atoms with van der Waals surface area (Å²) in [6, 6.07) is 0. The Kier molecular flexibility index (Phi) is 4.68. The molecule has 0 aromatic rings. The van der Waals surface area contributed by atoms with E-state index in [1.54, 1.807) is 0 Å². The summed E-state index contributed by atoms with van der Waals surface area (Å²) in [6.07, 6.45) is 12.6. The van der Waals surface area contributed by atoms with Crippen LogP contribution in [0.5, 0.6) is 0 Å². The van der Waals surface area contributed by atoms with Crippen molar-refractivity contribution in [3.05, 3.63) is 0 Å². The number of rotatable bonds is 2. The van der Waals surface area contributed by atoms with Gasteiger partial charge in [-0.2, -0.15) is 0 Å². The Hall–Kier alpha value is -0.530. The van der Waals surface area contributed by atoms with Crippen LogP contribution in [0.15, 0.2) is 0 Å². The lowest BCUT2D eigenvalue weighted by Gasteiger charge is -2.28. The molecular formula is C14H25NO. The zero-order chi connectivity index (χ0) is 11.2. The summed E-state index contributed by atoms with van der Waals surface area (Å²) < 4.78 is 0. The summed E-state index contributed by atoms with van der Waals surface area (Å²) in [6.45, 7) is 2.04. The van der Waals surface area contributed by atoms with Crippen LogP contribution in [0.25, 0.3) is 0 Å². The molecular weight excluding hydrogens is 198 g/mol. The summed E-state index contributed by atoms with van der Waals surface area (Å²) in [5, 5.41) is 0. The number of carbonyl (C=O) groups excluding carboxylic acids is 1. The third-order valence-electron chi connectivity index (χ3n) is 4.15. The number of likely N-dealkylation sites (tertiary alicyclic amines) is 1. The van der Waals surface area contributed by atoms with Gasteiger partial charge in [0, 0.05) is 19.5 Å². The predicted molar refractivity (Wildman–Crippen MR) is 66.2 cm³/mol. The van der Waals surface area contributed by atoms with Crippen molar-refractivity contribution in [2.45, 2.75) is 64.2 Å². The van der Waals surface area contributed by atoms with Crippen LogP contribution in [0.1, 0.15) is 64.2 Å². The van der Waals surface area contributed by atoms with Crippen LogP contribution >= 0.6 is 0 Å². The van der Waals surface area contributed by atoms with E-state index in [2.05, 4.69) is 4.90 Å². The summed E-state index contributed by atoms with van der Waals surface area (Å²) in [4.78, 5) is 14.2. The van der Waals surface area contributed by atoms with Crippen molar-refractivity contribution in [1.82, 2.24) is 4.90 Å². The van der Waals surface area contributed by atoms with Gasteiger partial charge in [0.25, 0.3) is 0 Å². The number of amides is 1. The minimum Gasteiger partial charge on any atom is -0.343 e. The molecule has 2 fully saturated rings. The second-order valence-corrected chi connectivity index (χ2v) is 5.50. The Morgan fingerprint density at radius 3 is 2.06 bits per heavy atom. The molecule has 0 aromatic carbocycles. The highest BCUT2D eigenvalue weighted by Gasteiger charge is 2.21. The van der Waals surface area contributed by atoms with Crippen molar-refractivity contribution in [2.75, 3.05) is 13.1 Å². The minimum absolute atomic E-state index is 0.437. The number of carbonyl (C=O) groups is 1. The quantitative estimate of drug-likeness (QED) is 0.657. The van der Waals surface area contributed by atoms with Crippen LogP contribution in [0.3, 0.4) is 0 Å². The Balaban J connectivity index is 1.76. The van der Waals surface area contributed by atoms with Crippen molar-refractivity contribution in [2.24, 2.45) is 5.92 Å². The first kappa shape index (κ1) is 11.9. The van der Waals surface area contributed by atoms with Gasteiger partial charge in [0.15, 0.2) is 0 Å². The highest BCUT2D eigenvalue weighted by Crippen LogP contribution is 2.26. The van der Waals surface area contributed by atoms with Crippen LogP contribution in [0.4, 0.5) is 0 Å². The largest absolute Gasteiger partial charge is 0.343 e. The van der Waals surface area contributed by atoms with Gasteiger partial charge in [0.1, 0.15) is 0 Å². The highest BCUT2D eigenvalue weighted by molar-refractivity contribution is 5.76. The number of nitrogens with zero attached hydrogens (tertiary/aromatic N) is 1. The van der Waals surface area contributed by atoms with Gasteiger partial charge < -0.3 is 4.90 Å². The smallest absolute Gasteiger partial charge is 0.222 e. The van der Waals surface area contributed by atoms with E-state index in [0.717, 1.165) is 19.5 Å². The van der Waals surface area contributed by atoms with Gasteiger partial charge in [0.05, 0.1) is 0 Å². The Labute approximate surface area is 99.4 Å². The normalized spacial score (nSPS) is 24.1. The second kappa shape index (κ2) is 6.27. The molecule has 0 atom stereocenters. The lowest BCUT2D eigenvalue weighted by molar-refractivity contribution is -0.133. The molecule has 2 rings (SSSR count). The average molecular weight is 223 g/mol. The molecule has 16 heavy (non-hydrogen) atoms. The first-order valence-corrected chi connectivity index (χ1v) is 7.14. The molecule has 92 valence electrons. The van der Waals surface area contributed by atoms with Crippen LogP contribution < -0.4 is 0 Å². The van der Waals surface area contributed by atoms with Crippen molar-refractivity contribution in [1.29, 1.82) is 0 Å². The maximum absolute atomic E-state index is 12.1. The molecule has 0 aromatic heterocycles. The van der Waals surface area contributed by atoms with E-state index in [1.807, 2.05) is 0 Å². The molecule has 2 heteroatoms. The van der Waals surface area contributed by atoms with Crippen molar-refractivity contribution in [3.8, 4) is 0 Å². The topological polar surface area (TPSA) is 20.3 Å². The van der Waals surface area contributed by atoms with E-state index in [9.17, 15) is 4.79 Å². The molecule has 1 aliphatic heterocycles. The summed E-state index contributed by atoms with van der Waals surface area (Å²) in [5.74, 6) is 1.13. The molecule has 0 bridgehead atoms. The van der Waals surface area contributed by atoms with E-state index in [-0.39, 0.29) is 0 Å². The SMILES string of the molecule is O=C(CC1CCCCCC1)N1CCCCC1. The number of hydrogen-bond donors (Lipinski definition) is 0. The fraction of sp³-hybridized carbons (Fsp3) is 0.929. The van der Waals surface area contributed by atoms with Crippen molar-refractivity contribution in [3.63, 3.8) is 0 Å². The molecule has 0 N–H and O–H groups in total. The highest BCUT2D eigenvalue weighted by atomic mass is 16.2. The summed E-state index contributed by atoms with van der Waals surface area (Å²) in [7, 11) is 0. The predicted octanol–water partition coefficient (Wildman–Crippen LogP) is 3.36. The lowest BCUT2D eigenvalue weighted by Crippen LogP contribution is -2.36. The van der Waals surface area contributed by atoms with Gasteiger partial charge in [-0.25, -0.2) is 0 Å². The van der Waals surface area contributed by atoms with E-state index in [0.29, 0.717) is 11.8 Å². The van der Waals surface area contributed by atoms with Gasteiger partial charge in [-0.1, -0.05) is 25.7 Å². The third kappa shape index (κ3) is 3.50. The zero-order valence-electron chi connectivity index (χ0n) is 10.4. The maximum atomic E-state index is 12.1. The van der Waals surface area contributed by atoms with Crippen LogP contribution in [-0.2, 0) is 4.79 Å². The van der Waals surface area contributed by atoms with E-state index in [4.69, 9.17) is 0 Å². The molecule has 1 saturated carbocycles. The Morgan fingerprint density at radius 2 is 1.44 bits per heavy atom. The summed E-state index contributed by atoms with van der Waals surface area (Å²) >= 11 is 0. The lowest BCUT2D eigenvalue weighted by atomic mass is 9.95. The molecule has 0 unspecified atom stereocenters. The van der Waals surface area contributed by atoms with Gasteiger partial charge in [0.2, 0.25) is 5.91 Å². The first-order chi connectivity index (χ1) is 7.86. The van der Waals surface area contributed by atoms with Crippen LogP contribution in [0.2, 0.25) is 0 Å². The first-order valence-electron chi connectivity index (χ1n) is 7.14.